The van der Waals surface area contributed by atoms with Gasteiger partial charge >= 0.3 is 12.0 Å². The van der Waals surface area contributed by atoms with E-state index >= 15 is 0 Å². The number of hydrogen-bond acceptors (Lipinski definition) is 6. The molecule has 0 aromatic heterocycles. The maximum absolute atomic E-state index is 12.8. The van der Waals surface area contributed by atoms with E-state index in [2.05, 4.69) is 5.32 Å². The number of non-ortho nitro benzene ring substituents is 1. The van der Waals surface area contributed by atoms with Crippen molar-refractivity contribution in [3.05, 3.63) is 81.0 Å². The number of allylic oxidation sites excluding steroid dienone is 1. The van der Waals surface area contributed by atoms with E-state index in [9.17, 15) is 19.7 Å². The van der Waals surface area contributed by atoms with E-state index in [1.165, 1.54) is 36.3 Å². The van der Waals surface area contributed by atoms with Gasteiger partial charge in [-0.2, -0.15) is 5.26 Å². The third kappa shape index (κ3) is 3.64. The van der Waals surface area contributed by atoms with E-state index in [0.29, 0.717) is 22.5 Å². The van der Waals surface area contributed by atoms with Crippen LogP contribution in [0.4, 0.5) is 16.2 Å². The molecule has 2 aromatic carbocycles. The highest BCUT2D eigenvalue weighted by Gasteiger charge is 2.37. The molecule has 29 heavy (non-hydrogen) atoms. The standard InChI is InChI=1S/C20H16N4O5/c1-12-17(19(25)29-2)18(14-5-3-4-13(10-14)11-21)22-20(26)23(12)15-6-8-16(9-7-15)24(27)28/h3-10,18H,1-2H3,(H,22,26)/t18-/m1/s1. The zero-order valence-electron chi connectivity index (χ0n) is 15.6. The quantitative estimate of drug-likeness (QED) is 0.484. The first-order valence-electron chi connectivity index (χ1n) is 8.51. The number of methoxy groups -OCH3 is 1. The van der Waals surface area contributed by atoms with Gasteiger partial charge in [0.1, 0.15) is 0 Å². The number of benzene rings is 2. The molecular weight excluding hydrogens is 376 g/mol. The van der Waals surface area contributed by atoms with Gasteiger partial charge < -0.3 is 10.1 Å². The predicted octanol–water partition coefficient (Wildman–Crippen LogP) is 3.18. The number of esters is 1. The van der Waals surface area contributed by atoms with E-state index in [1.54, 1.807) is 31.2 Å². The summed E-state index contributed by atoms with van der Waals surface area (Å²) in [7, 11) is 1.23. The number of amides is 2. The van der Waals surface area contributed by atoms with Crippen molar-refractivity contribution >= 4 is 23.4 Å². The summed E-state index contributed by atoms with van der Waals surface area (Å²) in [5.74, 6) is -0.637. The lowest BCUT2D eigenvalue weighted by Gasteiger charge is -2.35. The third-order valence-electron chi connectivity index (χ3n) is 4.56. The molecule has 1 atom stereocenters. The summed E-state index contributed by atoms with van der Waals surface area (Å²) in [5, 5.41) is 22.8. The van der Waals surface area contributed by atoms with Crippen LogP contribution in [0.2, 0.25) is 0 Å². The molecule has 146 valence electrons. The van der Waals surface area contributed by atoms with Gasteiger partial charge in [0.05, 0.1) is 41.0 Å². The third-order valence-corrected chi connectivity index (χ3v) is 4.56. The molecule has 9 heteroatoms. The Hall–Kier alpha value is -4.19. The van der Waals surface area contributed by atoms with Gasteiger partial charge in [-0.3, -0.25) is 15.0 Å². The number of nitro groups is 1. The Labute approximate surface area is 166 Å². The Bertz CT molecular complexity index is 1070. The lowest BCUT2D eigenvalue weighted by Crippen LogP contribution is -2.48. The fraction of sp³-hybridized carbons (Fsp3) is 0.150. The van der Waals surface area contributed by atoms with Crippen molar-refractivity contribution in [2.75, 3.05) is 12.0 Å². The van der Waals surface area contributed by atoms with Crippen LogP contribution in [-0.4, -0.2) is 24.0 Å². The summed E-state index contributed by atoms with van der Waals surface area (Å²) < 4.78 is 4.91. The highest BCUT2D eigenvalue weighted by molar-refractivity contribution is 6.03. The maximum atomic E-state index is 12.8. The topological polar surface area (TPSA) is 126 Å². The average Bonchev–Trinajstić information content (AvgIpc) is 2.73. The average molecular weight is 392 g/mol. The molecule has 2 amide bonds. The molecule has 0 bridgehead atoms. The molecule has 9 nitrogen and oxygen atoms in total. The van der Waals surface area contributed by atoms with Crippen molar-refractivity contribution in [3.63, 3.8) is 0 Å². The first-order chi connectivity index (χ1) is 13.9. The largest absolute Gasteiger partial charge is 0.466 e. The normalized spacial score (nSPS) is 16.1. The number of nitrogens with one attached hydrogen (secondary N) is 1. The number of nitriles is 1. The molecule has 0 saturated carbocycles. The number of hydrogen-bond donors (Lipinski definition) is 1. The first-order valence-corrected chi connectivity index (χ1v) is 8.51. The van der Waals surface area contributed by atoms with Crippen molar-refractivity contribution in [3.8, 4) is 6.07 Å². The fourth-order valence-corrected chi connectivity index (χ4v) is 3.19. The van der Waals surface area contributed by atoms with Crippen LogP contribution in [0.3, 0.4) is 0 Å². The van der Waals surface area contributed by atoms with E-state index in [-0.39, 0.29) is 11.3 Å². The highest BCUT2D eigenvalue weighted by Crippen LogP contribution is 2.34. The van der Waals surface area contributed by atoms with Crippen LogP contribution in [0.15, 0.2) is 59.8 Å². The molecule has 0 fully saturated rings. The molecular formula is C20H16N4O5. The lowest BCUT2D eigenvalue weighted by molar-refractivity contribution is -0.384. The van der Waals surface area contributed by atoms with Crippen LogP contribution in [0, 0.1) is 21.4 Å². The number of nitrogens with zero attached hydrogens (tertiary/aromatic N) is 3. The second-order valence-corrected chi connectivity index (χ2v) is 6.22. The van der Waals surface area contributed by atoms with Crippen molar-refractivity contribution in [2.45, 2.75) is 13.0 Å². The second kappa shape index (κ2) is 7.82. The van der Waals surface area contributed by atoms with Crippen LogP contribution in [0.5, 0.6) is 0 Å². The summed E-state index contributed by atoms with van der Waals surface area (Å²) in [4.78, 5) is 37.0. The molecule has 0 aliphatic carbocycles. The number of urea groups is 1. The molecule has 1 aliphatic heterocycles. The van der Waals surface area contributed by atoms with Gasteiger partial charge in [0, 0.05) is 17.8 Å². The molecule has 1 aliphatic rings. The Kier molecular flexibility index (Phi) is 5.27. The molecule has 1 N–H and O–H groups in total. The molecule has 1 heterocycles. The molecule has 0 spiro atoms. The Morgan fingerprint density at radius 1 is 1.28 bits per heavy atom. The van der Waals surface area contributed by atoms with Crippen molar-refractivity contribution < 1.29 is 19.2 Å². The van der Waals surface area contributed by atoms with Gasteiger partial charge in [-0.15, -0.1) is 0 Å². The number of carbonyl (C=O) groups is 2. The highest BCUT2D eigenvalue weighted by atomic mass is 16.6. The molecule has 3 rings (SSSR count). The van der Waals surface area contributed by atoms with Crippen molar-refractivity contribution in [2.24, 2.45) is 0 Å². The summed E-state index contributed by atoms with van der Waals surface area (Å²) >= 11 is 0. The van der Waals surface area contributed by atoms with E-state index in [1.807, 2.05) is 6.07 Å². The second-order valence-electron chi connectivity index (χ2n) is 6.22. The summed E-state index contributed by atoms with van der Waals surface area (Å²) in [6, 6.07) is 12.7. The first kappa shape index (κ1) is 19.6. The zero-order chi connectivity index (χ0) is 21.1. The Morgan fingerprint density at radius 3 is 2.55 bits per heavy atom. The van der Waals surface area contributed by atoms with Gasteiger partial charge in [-0.05, 0) is 36.8 Å². The van der Waals surface area contributed by atoms with Gasteiger partial charge in [-0.25, -0.2) is 9.59 Å². The summed E-state index contributed by atoms with van der Waals surface area (Å²) in [6.45, 7) is 1.59. The monoisotopic (exact) mass is 392 g/mol. The minimum atomic E-state index is -0.808. The van der Waals surface area contributed by atoms with Crippen LogP contribution in [-0.2, 0) is 9.53 Å². The van der Waals surface area contributed by atoms with Gasteiger partial charge in [0.25, 0.3) is 5.69 Å². The number of carbonyl (C=O) groups excluding carboxylic acids is 2. The lowest BCUT2D eigenvalue weighted by atomic mass is 9.93. The summed E-state index contributed by atoms with van der Waals surface area (Å²) in [5.41, 5.74) is 1.70. The summed E-state index contributed by atoms with van der Waals surface area (Å²) in [6.07, 6.45) is 0. The number of ether oxygens (including phenoxy) is 1. The van der Waals surface area contributed by atoms with E-state index in [0.717, 1.165) is 0 Å². The Morgan fingerprint density at radius 2 is 1.97 bits per heavy atom. The van der Waals surface area contributed by atoms with Crippen LogP contribution in [0.1, 0.15) is 24.1 Å². The van der Waals surface area contributed by atoms with Crippen LogP contribution < -0.4 is 10.2 Å². The van der Waals surface area contributed by atoms with Gasteiger partial charge in [0.2, 0.25) is 0 Å². The van der Waals surface area contributed by atoms with Crippen molar-refractivity contribution in [1.82, 2.24) is 5.32 Å². The fourth-order valence-electron chi connectivity index (χ4n) is 3.19. The number of rotatable bonds is 4. The molecule has 2 aromatic rings. The smallest absolute Gasteiger partial charge is 0.337 e. The van der Waals surface area contributed by atoms with E-state index in [4.69, 9.17) is 10.00 Å². The number of nitro benzene ring substituents is 1. The van der Waals surface area contributed by atoms with Gasteiger partial charge in [0.15, 0.2) is 0 Å². The van der Waals surface area contributed by atoms with Crippen molar-refractivity contribution in [1.29, 1.82) is 5.26 Å². The zero-order valence-corrected chi connectivity index (χ0v) is 15.6. The molecule has 0 saturated heterocycles. The Balaban J connectivity index is 2.11. The van der Waals surface area contributed by atoms with Gasteiger partial charge in [-0.1, -0.05) is 12.1 Å². The predicted molar refractivity (Wildman–Crippen MR) is 103 cm³/mol. The minimum absolute atomic E-state index is 0.118. The SMILES string of the molecule is COC(=O)C1=C(C)N(c2ccc([N+](=O)[O-])cc2)C(=O)N[C@@H]1c1cccc(C#N)c1. The van der Waals surface area contributed by atoms with Crippen LogP contribution in [0.25, 0.3) is 0 Å². The number of anilines is 1. The molecule has 0 unspecified atom stereocenters. The van der Waals surface area contributed by atoms with E-state index < -0.39 is 23.0 Å². The maximum Gasteiger partial charge on any atom is 0.337 e. The minimum Gasteiger partial charge on any atom is -0.466 e. The molecule has 0 radical (unpaired) electrons. The van der Waals surface area contributed by atoms with Crippen LogP contribution >= 0.6 is 0 Å².